The van der Waals surface area contributed by atoms with E-state index in [4.69, 9.17) is 9.94 Å². The molecule has 84 valence electrons. The Balaban J connectivity index is 2.25. The van der Waals surface area contributed by atoms with Crippen LogP contribution in [-0.4, -0.2) is 30.1 Å². The molecule has 1 aliphatic rings. The monoisotopic (exact) mass is 221 g/mol. The van der Waals surface area contributed by atoms with Gasteiger partial charge in [0.2, 0.25) is 0 Å². The third-order valence-electron chi connectivity index (χ3n) is 2.42. The van der Waals surface area contributed by atoms with Gasteiger partial charge in [-0.2, -0.15) is 0 Å². The molecule has 0 aliphatic carbocycles. The zero-order valence-corrected chi connectivity index (χ0v) is 8.71. The second-order valence-corrected chi connectivity index (χ2v) is 3.37. The molecule has 0 spiro atoms. The van der Waals surface area contributed by atoms with Gasteiger partial charge in [-0.25, -0.2) is 0 Å². The summed E-state index contributed by atoms with van der Waals surface area (Å²) in [7, 11) is 1.31. The van der Waals surface area contributed by atoms with E-state index in [0.717, 1.165) is 0 Å². The average Bonchev–Trinajstić information content (AvgIpc) is 2.65. The number of rotatable bonds is 2. The minimum atomic E-state index is -0.574. The van der Waals surface area contributed by atoms with E-state index in [2.05, 4.69) is 9.89 Å². The van der Waals surface area contributed by atoms with E-state index in [9.17, 15) is 4.79 Å². The van der Waals surface area contributed by atoms with Crippen LogP contribution in [0, 0.1) is 0 Å². The summed E-state index contributed by atoms with van der Waals surface area (Å²) in [5.74, 6) is 0.211. The molecule has 1 N–H and O–H groups in total. The lowest BCUT2D eigenvalue weighted by molar-refractivity contribution is -0.141. The number of hydrogen-bond donors (Lipinski definition) is 1. The number of carbonyl (C=O) groups is 1. The molecule has 0 saturated heterocycles. The van der Waals surface area contributed by atoms with Crippen molar-refractivity contribution >= 4 is 11.7 Å². The molecule has 2 rings (SSSR count). The molecule has 0 amide bonds. The van der Waals surface area contributed by atoms with E-state index >= 15 is 0 Å². The van der Waals surface area contributed by atoms with Crippen LogP contribution in [0.1, 0.15) is 12.0 Å². The normalized spacial score (nSPS) is 20.3. The van der Waals surface area contributed by atoms with Gasteiger partial charge >= 0.3 is 5.97 Å². The fourth-order valence-electron chi connectivity index (χ4n) is 1.65. The highest BCUT2D eigenvalue weighted by Crippen LogP contribution is 2.30. The molecule has 0 aromatic heterocycles. The number of methoxy groups -OCH3 is 1. The Morgan fingerprint density at radius 3 is 3.00 bits per heavy atom. The Morgan fingerprint density at radius 2 is 2.31 bits per heavy atom. The highest BCUT2D eigenvalue weighted by molar-refractivity contribution is 6.09. The van der Waals surface area contributed by atoms with Crippen molar-refractivity contribution in [3.63, 3.8) is 0 Å². The van der Waals surface area contributed by atoms with Crippen LogP contribution in [0.25, 0.3) is 0 Å². The fourth-order valence-corrected chi connectivity index (χ4v) is 1.65. The van der Waals surface area contributed by atoms with Gasteiger partial charge in [0.25, 0.3) is 0 Å². The number of hydrogen-bond acceptors (Lipinski definition) is 5. The molecule has 16 heavy (non-hydrogen) atoms. The molecule has 1 atom stereocenters. The zero-order valence-electron chi connectivity index (χ0n) is 8.71. The summed E-state index contributed by atoms with van der Waals surface area (Å²) in [6.07, 6.45) is -0.542. The molecule has 0 fully saturated rings. The van der Waals surface area contributed by atoms with Crippen LogP contribution in [-0.2, 0) is 9.53 Å². The van der Waals surface area contributed by atoms with Crippen LogP contribution < -0.4 is 4.74 Å². The highest BCUT2D eigenvalue weighted by Gasteiger charge is 2.32. The third-order valence-corrected chi connectivity index (χ3v) is 2.42. The zero-order chi connectivity index (χ0) is 11.5. The van der Waals surface area contributed by atoms with Crippen molar-refractivity contribution in [3.8, 4) is 5.75 Å². The number of esters is 1. The second kappa shape index (κ2) is 4.22. The highest BCUT2D eigenvalue weighted by atomic mass is 16.5. The predicted octanol–water partition coefficient (Wildman–Crippen LogP) is 1.19. The quantitative estimate of drug-likeness (QED) is 0.462. The summed E-state index contributed by atoms with van der Waals surface area (Å²) in [4.78, 5) is 11.1. The summed E-state index contributed by atoms with van der Waals surface area (Å²) in [6.45, 7) is 0. The van der Waals surface area contributed by atoms with Crippen LogP contribution >= 0.6 is 0 Å². The van der Waals surface area contributed by atoms with E-state index in [1.54, 1.807) is 12.1 Å². The summed E-state index contributed by atoms with van der Waals surface area (Å²) in [6, 6.07) is 7.17. The third kappa shape index (κ3) is 1.71. The largest absolute Gasteiger partial charge is 0.483 e. The van der Waals surface area contributed by atoms with Gasteiger partial charge in [-0.05, 0) is 12.1 Å². The Bertz CT molecular complexity index is 441. The molecule has 1 heterocycles. The molecular formula is C11H11NO4. The number of nitrogens with zero attached hydrogens (tertiary/aromatic N) is 1. The standard InChI is InChI=1S/C11H11NO4/c1-15-10(13)6-9-11(12-14)7-4-2-3-5-8(7)16-9/h2-5,9,14H,6H2,1H3/b12-11+/t9-/m0/s1. The molecule has 0 unspecified atom stereocenters. The number of carbonyl (C=O) groups excluding carboxylic acids is 1. The van der Waals surface area contributed by atoms with Crippen molar-refractivity contribution in [1.29, 1.82) is 0 Å². The number of oxime groups is 1. The summed E-state index contributed by atoms with van der Waals surface area (Å²) < 4.78 is 10.0. The number of benzene rings is 1. The van der Waals surface area contributed by atoms with Gasteiger partial charge in [-0.3, -0.25) is 4.79 Å². The first-order valence-electron chi connectivity index (χ1n) is 4.81. The van der Waals surface area contributed by atoms with E-state index in [0.29, 0.717) is 17.0 Å². The van der Waals surface area contributed by atoms with Crippen LogP contribution in [0.15, 0.2) is 29.4 Å². The van der Waals surface area contributed by atoms with Gasteiger partial charge in [-0.15, -0.1) is 0 Å². The minimum absolute atomic E-state index is 0.0323. The first-order valence-corrected chi connectivity index (χ1v) is 4.81. The summed E-state index contributed by atoms with van der Waals surface area (Å²) >= 11 is 0. The Kier molecular flexibility index (Phi) is 2.76. The van der Waals surface area contributed by atoms with Gasteiger partial charge in [0.15, 0.2) is 6.10 Å². The van der Waals surface area contributed by atoms with Gasteiger partial charge < -0.3 is 14.7 Å². The molecule has 5 heteroatoms. The lowest BCUT2D eigenvalue weighted by Crippen LogP contribution is -2.25. The smallest absolute Gasteiger partial charge is 0.309 e. The Labute approximate surface area is 92.3 Å². The van der Waals surface area contributed by atoms with Crippen molar-refractivity contribution < 1.29 is 19.5 Å². The van der Waals surface area contributed by atoms with Gasteiger partial charge in [0.05, 0.1) is 13.5 Å². The van der Waals surface area contributed by atoms with Crippen molar-refractivity contribution in [2.45, 2.75) is 12.5 Å². The average molecular weight is 221 g/mol. The van der Waals surface area contributed by atoms with E-state index in [-0.39, 0.29) is 6.42 Å². The predicted molar refractivity (Wildman–Crippen MR) is 55.8 cm³/mol. The summed E-state index contributed by atoms with van der Waals surface area (Å²) in [5, 5.41) is 12.1. The van der Waals surface area contributed by atoms with Crippen LogP contribution in [0.2, 0.25) is 0 Å². The Hall–Kier alpha value is -2.04. The number of fused-ring (bicyclic) bond motifs is 1. The maximum atomic E-state index is 11.1. The maximum Gasteiger partial charge on any atom is 0.309 e. The molecular weight excluding hydrogens is 210 g/mol. The molecule has 1 aliphatic heterocycles. The van der Waals surface area contributed by atoms with Crippen LogP contribution in [0.3, 0.4) is 0 Å². The van der Waals surface area contributed by atoms with Gasteiger partial charge in [0, 0.05) is 5.56 Å². The van der Waals surface area contributed by atoms with Gasteiger partial charge in [-0.1, -0.05) is 17.3 Å². The molecule has 0 saturated carbocycles. The first kappa shape index (κ1) is 10.5. The number of para-hydroxylation sites is 1. The topological polar surface area (TPSA) is 68.1 Å². The van der Waals surface area contributed by atoms with E-state index in [1.165, 1.54) is 7.11 Å². The molecule has 5 nitrogen and oxygen atoms in total. The fraction of sp³-hybridized carbons (Fsp3) is 0.273. The van der Waals surface area contributed by atoms with Crippen molar-refractivity contribution in [1.82, 2.24) is 0 Å². The first-order chi connectivity index (χ1) is 7.76. The second-order valence-electron chi connectivity index (χ2n) is 3.37. The molecule has 0 radical (unpaired) electrons. The Morgan fingerprint density at radius 1 is 1.56 bits per heavy atom. The van der Waals surface area contributed by atoms with E-state index < -0.39 is 12.1 Å². The lowest BCUT2D eigenvalue weighted by Gasteiger charge is -2.08. The maximum absolute atomic E-state index is 11.1. The minimum Gasteiger partial charge on any atom is -0.483 e. The summed E-state index contributed by atoms with van der Waals surface area (Å²) in [5.41, 5.74) is 1.07. The molecule has 1 aromatic carbocycles. The lowest BCUT2D eigenvalue weighted by atomic mass is 10.1. The van der Waals surface area contributed by atoms with Crippen LogP contribution in [0.5, 0.6) is 5.75 Å². The van der Waals surface area contributed by atoms with Gasteiger partial charge in [0.1, 0.15) is 11.5 Å². The number of ether oxygens (including phenoxy) is 2. The SMILES string of the molecule is COC(=O)C[C@@H]1Oc2ccccc2/C1=N\O. The van der Waals surface area contributed by atoms with Crippen LogP contribution in [0.4, 0.5) is 0 Å². The van der Waals surface area contributed by atoms with Crippen molar-refractivity contribution in [3.05, 3.63) is 29.8 Å². The van der Waals surface area contributed by atoms with Crippen molar-refractivity contribution in [2.75, 3.05) is 7.11 Å². The molecule has 0 bridgehead atoms. The van der Waals surface area contributed by atoms with E-state index in [1.807, 2.05) is 12.1 Å². The van der Waals surface area contributed by atoms with Crippen molar-refractivity contribution in [2.24, 2.45) is 5.16 Å². The molecule has 1 aromatic rings.